The van der Waals surface area contributed by atoms with Gasteiger partial charge in [-0.15, -0.1) is 11.3 Å². The van der Waals surface area contributed by atoms with Crippen molar-refractivity contribution in [1.29, 1.82) is 5.26 Å². The Balaban J connectivity index is 1.40. The van der Waals surface area contributed by atoms with Crippen molar-refractivity contribution in [3.8, 4) is 17.4 Å². The van der Waals surface area contributed by atoms with Gasteiger partial charge in [-0.05, 0) is 60.7 Å². The Kier molecular flexibility index (Phi) is 4.55. The summed E-state index contributed by atoms with van der Waals surface area (Å²) in [4.78, 5) is 0. The zero-order valence-corrected chi connectivity index (χ0v) is 22.7. The number of para-hydroxylation sites is 3. The molecule has 190 valence electrons. The SMILES string of the molecule is N#Cc1cccc2c1c1ccccc1n2-c1ccc2sc3cccc(-n4c5ccccc5c5ccccc54)c3c2c1. The van der Waals surface area contributed by atoms with E-state index in [9.17, 15) is 5.26 Å². The Hall–Kier alpha value is -5.37. The lowest BCUT2D eigenvalue weighted by Crippen LogP contribution is -1.95. The third-order valence-electron chi connectivity index (χ3n) is 8.35. The molecule has 0 bridgehead atoms. The molecule has 0 aliphatic rings. The van der Waals surface area contributed by atoms with Crippen molar-refractivity contribution in [2.75, 3.05) is 0 Å². The van der Waals surface area contributed by atoms with E-state index in [0.717, 1.165) is 27.5 Å². The summed E-state index contributed by atoms with van der Waals surface area (Å²) >= 11 is 1.84. The molecule has 0 N–H and O–H groups in total. The van der Waals surface area contributed by atoms with E-state index in [1.54, 1.807) is 0 Å². The highest BCUT2D eigenvalue weighted by Gasteiger charge is 2.19. The van der Waals surface area contributed by atoms with Gasteiger partial charge in [-0.1, -0.05) is 66.7 Å². The molecule has 6 aromatic carbocycles. The predicted octanol–water partition coefficient (Wildman–Crippen LogP) is 10.1. The van der Waals surface area contributed by atoms with Gasteiger partial charge in [-0.2, -0.15) is 5.26 Å². The van der Waals surface area contributed by atoms with Crippen LogP contribution in [0.25, 0.3) is 75.2 Å². The molecule has 0 fully saturated rings. The molecule has 0 unspecified atom stereocenters. The lowest BCUT2D eigenvalue weighted by Gasteiger charge is -2.11. The first-order chi connectivity index (χ1) is 20.3. The quantitative estimate of drug-likeness (QED) is 0.215. The summed E-state index contributed by atoms with van der Waals surface area (Å²) in [5, 5.41) is 17.0. The van der Waals surface area contributed by atoms with Gasteiger partial charge in [0.2, 0.25) is 0 Å². The molecule has 0 amide bonds. The van der Waals surface area contributed by atoms with Crippen LogP contribution in [0.2, 0.25) is 0 Å². The summed E-state index contributed by atoms with van der Waals surface area (Å²) < 4.78 is 7.25. The lowest BCUT2D eigenvalue weighted by molar-refractivity contribution is 1.18. The number of aromatic nitrogens is 2. The van der Waals surface area contributed by atoms with Gasteiger partial charge in [0, 0.05) is 47.4 Å². The Morgan fingerprint density at radius 1 is 0.488 bits per heavy atom. The topological polar surface area (TPSA) is 33.6 Å². The fourth-order valence-electron chi connectivity index (χ4n) is 6.69. The average molecular weight is 540 g/mol. The van der Waals surface area contributed by atoms with Gasteiger partial charge in [-0.3, -0.25) is 0 Å². The molecule has 0 radical (unpaired) electrons. The number of nitriles is 1. The van der Waals surface area contributed by atoms with Crippen LogP contribution in [0.1, 0.15) is 5.56 Å². The largest absolute Gasteiger partial charge is 0.309 e. The predicted molar refractivity (Wildman–Crippen MR) is 173 cm³/mol. The minimum atomic E-state index is 0.702. The van der Waals surface area contributed by atoms with E-state index in [2.05, 4.69) is 124 Å². The fourth-order valence-corrected chi connectivity index (χ4v) is 7.80. The van der Waals surface area contributed by atoms with Gasteiger partial charge in [0.05, 0.1) is 39.4 Å². The van der Waals surface area contributed by atoms with Crippen LogP contribution < -0.4 is 0 Å². The van der Waals surface area contributed by atoms with Gasteiger partial charge >= 0.3 is 0 Å². The summed E-state index contributed by atoms with van der Waals surface area (Å²) in [5.41, 5.74) is 7.56. The molecule has 0 spiro atoms. The second-order valence-electron chi connectivity index (χ2n) is 10.5. The number of fused-ring (bicyclic) bond motifs is 9. The first-order valence-corrected chi connectivity index (χ1v) is 14.5. The molecule has 3 nitrogen and oxygen atoms in total. The van der Waals surface area contributed by atoms with Crippen LogP contribution in [0.5, 0.6) is 0 Å². The van der Waals surface area contributed by atoms with E-state index in [1.165, 1.54) is 47.7 Å². The van der Waals surface area contributed by atoms with Gasteiger partial charge in [0.1, 0.15) is 0 Å². The second-order valence-corrected chi connectivity index (χ2v) is 11.6. The van der Waals surface area contributed by atoms with Crippen LogP contribution in [-0.4, -0.2) is 9.13 Å². The summed E-state index contributed by atoms with van der Waals surface area (Å²) in [7, 11) is 0. The summed E-state index contributed by atoms with van der Waals surface area (Å²) in [6.45, 7) is 0. The molecule has 0 atom stereocenters. The van der Waals surface area contributed by atoms with Crippen molar-refractivity contribution >= 4 is 75.1 Å². The summed E-state index contributed by atoms with van der Waals surface area (Å²) in [6.07, 6.45) is 0. The normalized spacial score (nSPS) is 11.9. The smallest absolute Gasteiger partial charge is 0.0998 e. The monoisotopic (exact) mass is 539 g/mol. The molecule has 41 heavy (non-hydrogen) atoms. The lowest BCUT2D eigenvalue weighted by atomic mass is 10.1. The van der Waals surface area contributed by atoms with Crippen LogP contribution in [0.4, 0.5) is 0 Å². The standard InChI is InChI=1S/C37H21N3S/c38-22-23-9-7-16-32-36(23)27-12-3-6-15-31(27)39(32)24-19-20-34-28(21-24)37-33(17-8-18-35(37)41-34)40-29-13-4-1-10-25(29)26-11-2-5-14-30(26)40/h1-21H. The van der Waals surface area contributed by atoms with E-state index in [-0.39, 0.29) is 0 Å². The van der Waals surface area contributed by atoms with Crippen molar-refractivity contribution < 1.29 is 0 Å². The third-order valence-corrected chi connectivity index (χ3v) is 9.49. The first-order valence-electron chi connectivity index (χ1n) is 13.7. The van der Waals surface area contributed by atoms with E-state index in [1.807, 2.05) is 29.5 Å². The van der Waals surface area contributed by atoms with Gasteiger partial charge in [0.15, 0.2) is 0 Å². The van der Waals surface area contributed by atoms with Crippen molar-refractivity contribution in [1.82, 2.24) is 9.13 Å². The van der Waals surface area contributed by atoms with Crippen LogP contribution in [0.3, 0.4) is 0 Å². The van der Waals surface area contributed by atoms with Crippen molar-refractivity contribution in [3.63, 3.8) is 0 Å². The van der Waals surface area contributed by atoms with Crippen molar-refractivity contribution in [2.24, 2.45) is 0 Å². The summed E-state index contributed by atoms with van der Waals surface area (Å²) in [5.74, 6) is 0. The van der Waals surface area contributed by atoms with Gasteiger partial charge in [0.25, 0.3) is 0 Å². The van der Waals surface area contributed by atoms with E-state index >= 15 is 0 Å². The highest BCUT2D eigenvalue weighted by Crippen LogP contribution is 2.42. The number of hydrogen-bond acceptors (Lipinski definition) is 2. The Morgan fingerprint density at radius 2 is 1.12 bits per heavy atom. The molecule has 3 aromatic heterocycles. The van der Waals surface area contributed by atoms with Crippen LogP contribution in [0, 0.1) is 11.3 Å². The minimum absolute atomic E-state index is 0.702. The molecule has 0 saturated heterocycles. The van der Waals surface area contributed by atoms with E-state index in [0.29, 0.717) is 5.56 Å². The molecule has 4 heteroatoms. The Morgan fingerprint density at radius 3 is 1.85 bits per heavy atom. The number of thiophene rings is 1. The number of nitrogens with zero attached hydrogens (tertiary/aromatic N) is 3. The zero-order valence-electron chi connectivity index (χ0n) is 21.9. The highest BCUT2D eigenvalue weighted by atomic mass is 32.1. The highest BCUT2D eigenvalue weighted by molar-refractivity contribution is 7.25. The third kappa shape index (κ3) is 3.01. The maximum absolute atomic E-state index is 9.92. The minimum Gasteiger partial charge on any atom is -0.309 e. The van der Waals surface area contributed by atoms with Crippen LogP contribution in [0.15, 0.2) is 127 Å². The molecule has 0 aliphatic heterocycles. The zero-order chi connectivity index (χ0) is 27.1. The van der Waals surface area contributed by atoms with Crippen molar-refractivity contribution in [3.05, 3.63) is 133 Å². The molecule has 0 aliphatic carbocycles. The Labute approximate surface area is 239 Å². The maximum atomic E-state index is 9.92. The molecule has 0 saturated carbocycles. The number of hydrogen-bond donors (Lipinski definition) is 0. The number of benzene rings is 6. The van der Waals surface area contributed by atoms with Gasteiger partial charge < -0.3 is 9.13 Å². The Bertz CT molecular complexity index is 2500. The molecular weight excluding hydrogens is 518 g/mol. The number of rotatable bonds is 2. The molecular formula is C37H21N3S. The first kappa shape index (κ1) is 22.4. The summed E-state index contributed by atoms with van der Waals surface area (Å²) in [6, 6.07) is 47.6. The molecule has 9 aromatic rings. The molecule has 9 rings (SSSR count). The van der Waals surface area contributed by atoms with Crippen LogP contribution in [-0.2, 0) is 0 Å². The maximum Gasteiger partial charge on any atom is 0.0998 e. The van der Waals surface area contributed by atoms with Gasteiger partial charge in [-0.25, -0.2) is 0 Å². The van der Waals surface area contributed by atoms with Crippen LogP contribution >= 0.6 is 11.3 Å². The fraction of sp³-hybridized carbons (Fsp3) is 0. The second kappa shape index (κ2) is 8.32. The van der Waals surface area contributed by atoms with Crippen molar-refractivity contribution in [2.45, 2.75) is 0 Å². The van der Waals surface area contributed by atoms with E-state index in [4.69, 9.17) is 0 Å². The average Bonchev–Trinajstić information content (AvgIpc) is 3.68. The molecule has 3 heterocycles. The van der Waals surface area contributed by atoms with E-state index < -0.39 is 0 Å².